The first-order valence-corrected chi connectivity index (χ1v) is 7.31. The van der Waals surface area contributed by atoms with Gasteiger partial charge in [0.25, 0.3) is 0 Å². The molecule has 1 saturated carbocycles. The molecular formula is C16H22N2O. The molecule has 0 heterocycles. The minimum atomic E-state index is -0.148. The molecule has 0 spiro atoms. The predicted octanol–water partition coefficient (Wildman–Crippen LogP) is 2.50. The summed E-state index contributed by atoms with van der Waals surface area (Å²) < 4.78 is 0. The van der Waals surface area contributed by atoms with Crippen LogP contribution in [0.3, 0.4) is 0 Å². The fraction of sp³-hybridized carbons (Fsp3) is 0.562. The van der Waals surface area contributed by atoms with Crippen molar-refractivity contribution < 1.29 is 4.79 Å². The summed E-state index contributed by atoms with van der Waals surface area (Å²) in [4.78, 5) is 12.3. The van der Waals surface area contributed by atoms with E-state index in [4.69, 9.17) is 0 Å². The molecule has 19 heavy (non-hydrogen) atoms. The zero-order valence-corrected chi connectivity index (χ0v) is 11.6. The van der Waals surface area contributed by atoms with Crippen molar-refractivity contribution in [1.82, 2.24) is 5.32 Å². The van der Waals surface area contributed by atoms with E-state index >= 15 is 0 Å². The molecule has 0 bridgehead atoms. The number of aryl methyl sites for hydroxylation is 2. The van der Waals surface area contributed by atoms with Crippen LogP contribution in [-0.2, 0) is 17.6 Å². The van der Waals surface area contributed by atoms with Crippen molar-refractivity contribution in [3.63, 3.8) is 0 Å². The second-order valence-electron chi connectivity index (χ2n) is 5.96. The molecular weight excluding hydrogens is 236 g/mol. The maximum Gasteiger partial charge on any atom is 0.231 e. The summed E-state index contributed by atoms with van der Waals surface area (Å²) in [7, 11) is 1.91. The highest BCUT2D eigenvalue weighted by Crippen LogP contribution is 2.45. The van der Waals surface area contributed by atoms with Gasteiger partial charge in [0.2, 0.25) is 5.91 Å². The Labute approximate surface area is 114 Å². The van der Waals surface area contributed by atoms with Gasteiger partial charge in [0, 0.05) is 12.2 Å². The summed E-state index contributed by atoms with van der Waals surface area (Å²) >= 11 is 0. The second-order valence-corrected chi connectivity index (χ2v) is 5.96. The zero-order chi connectivity index (χ0) is 13.3. The van der Waals surface area contributed by atoms with Gasteiger partial charge in [-0.25, -0.2) is 0 Å². The summed E-state index contributed by atoms with van der Waals surface area (Å²) in [6, 6.07) is 6.40. The Kier molecular flexibility index (Phi) is 3.31. The van der Waals surface area contributed by atoms with Crippen LogP contribution in [0.5, 0.6) is 0 Å². The third-order valence-corrected chi connectivity index (χ3v) is 4.46. The molecule has 3 rings (SSSR count). The molecule has 0 aliphatic heterocycles. The number of benzene rings is 1. The third-order valence-electron chi connectivity index (χ3n) is 4.46. The topological polar surface area (TPSA) is 41.1 Å². The highest BCUT2D eigenvalue weighted by atomic mass is 16.2. The Hall–Kier alpha value is -1.35. The van der Waals surface area contributed by atoms with E-state index in [0.717, 1.165) is 31.5 Å². The van der Waals surface area contributed by atoms with Crippen molar-refractivity contribution in [3.8, 4) is 0 Å². The summed E-state index contributed by atoms with van der Waals surface area (Å²) in [6.07, 6.45) is 6.92. The molecule has 0 saturated heterocycles. The van der Waals surface area contributed by atoms with Crippen LogP contribution in [0.4, 0.5) is 5.69 Å². The lowest BCUT2D eigenvalue weighted by Crippen LogP contribution is -2.32. The van der Waals surface area contributed by atoms with Crippen molar-refractivity contribution >= 4 is 11.6 Å². The van der Waals surface area contributed by atoms with Crippen molar-refractivity contribution in [2.75, 3.05) is 18.9 Å². The van der Waals surface area contributed by atoms with Gasteiger partial charge in [0.05, 0.1) is 5.41 Å². The van der Waals surface area contributed by atoms with E-state index in [-0.39, 0.29) is 11.3 Å². The van der Waals surface area contributed by atoms with Crippen LogP contribution in [0.1, 0.15) is 36.8 Å². The first-order valence-electron chi connectivity index (χ1n) is 7.31. The fourth-order valence-corrected chi connectivity index (χ4v) is 3.05. The van der Waals surface area contributed by atoms with Crippen molar-refractivity contribution in [2.24, 2.45) is 5.41 Å². The van der Waals surface area contributed by atoms with Crippen LogP contribution in [0.2, 0.25) is 0 Å². The summed E-state index contributed by atoms with van der Waals surface area (Å²) in [5.74, 6) is 0.178. The minimum Gasteiger partial charge on any atom is -0.326 e. The number of amides is 1. The van der Waals surface area contributed by atoms with E-state index in [9.17, 15) is 4.79 Å². The highest BCUT2D eigenvalue weighted by molar-refractivity contribution is 5.97. The predicted molar refractivity (Wildman–Crippen MR) is 77.3 cm³/mol. The van der Waals surface area contributed by atoms with Crippen LogP contribution in [0.25, 0.3) is 0 Å². The normalized spacial score (nSPS) is 19.6. The third kappa shape index (κ3) is 2.52. The molecule has 102 valence electrons. The molecule has 0 unspecified atom stereocenters. The molecule has 1 amide bonds. The molecule has 2 aliphatic carbocycles. The van der Waals surface area contributed by atoms with Crippen molar-refractivity contribution in [3.05, 3.63) is 29.3 Å². The van der Waals surface area contributed by atoms with Crippen LogP contribution >= 0.6 is 0 Å². The average molecular weight is 258 g/mol. The van der Waals surface area contributed by atoms with E-state index in [0.29, 0.717) is 0 Å². The molecule has 2 aliphatic rings. The summed E-state index contributed by atoms with van der Waals surface area (Å²) in [5.41, 5.74) is 3.70. The van der Waals surface area contributed by atoms with Crippen LogP contribution < -0.4 is 10.6 Å². The molecule has 2 N–H and O–H groups in total. The first-order chi connectivity index (χ1) is 9.23. The molecule has 0 atom stereocenters. The molecule has 3 heteroatoms. The van der Waals surface area contributed by atoms with Gasteiger partial charge in [-0.1, -0.05) is 6.07 Å². The van der Waals surface area contributed by atoms with Crippen molar-refractivity contribution in [1.29, 1.82) is 0 Å². The maximum atomic E-state index is 12.3. The lowest BCUT2D eigenvalue weighted by molar-refractivity contribution is -0.120. The lowest BCUT2D eigenvalue weighted by Gasteiger charge is -2.18. The number of rotatable bonds is 4. The SMILES string of the molecule is CNCC1(C(=O)Nc2ccc3c(c2)CCCC3)CC1. The number of carbonyl (C=O) groups is 1. The smallest absolute Gasteiger partial charge is 0.231 e. The Morgan fingerprint density at radius 1 is 1.21 bits per heavy atom. The molecule has 1 aromatic carbocycles. The summed E-state index contributed by atoms with van der Waals surface area (Å²) in [5, 5.41) is 6.23. The van der Waals surface area contributed by atoms with Gasteiger partial charge in [0.15, 0.2) is 0 Å². The number of fused-ring (bicyclic) bond motifs is 1. The van der Waals surface area contributed by atoms with E-state index < -0.39 is 0 Å². The van der Waals surface area contributed by atoms with Gasteiger partial charge in [-0.3, -0.25) is 4.79 Å². The Bertz CT molecular complexity index is 492. The van der Waals surface area contributed by atoms with E-state index in [2.05, 4.69) is 28.8 Å². The van der Waals surface area contributed by atoms with Crippen LogP contribution in [0, 0.1) is 5.41 Å². The number of nitrogens with one attached hydrogen (secondary N) is 2. The molecule has 3 nitrogen and oxygen atoms in total. The molecule has 0 aromatic heterocycles. The van der Waals surface area contributed by atoms with Crippen LogP contribution in [0.15, 0.2) is 18.2 Å². The number of anilines is 1. The van der Waals surface area contributed by atoms with Gasteiger partial charge in [-0.05, 0) is 68.8 Å². The van der Waals surface area contributed by atoms with Gasteiger partial charge in [-0.15, -0.1) is 0 Å². The zero-order valence-electron chi connectivity index (χ0n) is 11.6. The largest absolute Gasteiger partial charge is 0.326 e. The van der Waals surface area contributed by atoms with Gasteiger partial charge >= 0.3 is 0 Å². The van der Waals surface area contributed by atoms with E-state index in [1.807, 2.05) is 7.05 Å². The molecule has 1 aromatic rings. The van der Waals surface area contributed by atoms with Gasteiger partial charge in [0.1, 0.15) is 0 Å². The van der Waals surface area contributed by atoms with Gasteiger partial charge in [-0.2, -0.15) is 0 Å². The second kappa shape index (κ2) is 4.97. The maximum absolute atomic E-state index is 12.3. The fourth-order valence-electron chi connectivity index (χ4n) is 3.05. The average Bonchev–Trinajstić information content (AvgIpc) is 3.20. The minimum absolute atomic E-state index is 0.148. The Morgan fingerprint density at radius 3 is 2.63 bits per heavy atom. The Balaban J connectivity index is 1.71. The van der Waals surface area contributed by atoms with Crippen molar-refractivity contribution in [2.45, 2.75) is 38.5 Å². The monoisotopic (exact) mass is 258 g/mol. The van der Waals surface area contributed by atoms with E-state index in [1.54, 1.807) is 0 Å². The Morgan fingerprint density at radius 2 is 1.95 bits per heavy atom. The number of hydrogen-bond donors (Lipinski definition) is 2. The first kappa shape index (κ1) is 12.7. The standard InChI is InChI=1S/C16H22N2O/c1-17-11-16(8-9-16)15(19)18-14-7-6-12-4-2-3-5-13(12)10-14/h6-7,10,17H,2-5,8-9,11H2,1H3,(H,18,19). The highest BCUT2D eigenvalue weighted by Gasteiger charge is 2.49. The van der Waals surface area contributed by atoms with Gasteiger partial charge < -0.3 is 10.6 Å². The number of carbonyl (C=O) groups excluding carboxylic acids is 1. The summed E-state index contributed by atoms with van der Waals surface area (Å²) in [6.45, 7) is 0.782. The number of hydrogen-bond acceptors (Lipinski definition) is 2. The molecule has 0 radical (unpaired) electrons. The van der Waals surface area contributed by atoms with Crippen LogP contribution in [-0.4, -0.2) is 19.5 Å². The lowest BCUT2D eigenvalue weighted by atomic mass is 9.91. The van der Waals surface area contributed by atoms with E-state index in [1.165, 1.54) is 30.4 Å². The quantitative estimate of drug-likeness (QED) is 0.871. The molecule has 1 fully saturated rings.